The van der Waals surface area contributed by atoms with Crippen molar-refractivity contribution >= 4 is 22.6 Å². The average Bonchev–Trinajstić information content (AvgIpc) is 2.61. The number of hydrogen-bond donors (Lipinski definition) is 6. The van der Waals surface area contributed by atoms with Gasteiger partial charge in [0.15, 0.2) is 0 Å². The van der Waals surface area contributed by atoms with Crippen LogP contribution in [0.3, 0.4) is 0 Å². The third kappa shape index (κ3) is 9.32. The molecule has 0 saturated carbocycles. The van der Waals surface area contributed by atoms with Crippen LogP contribution in [0.25, 0.3) is 0 Å². The zero-order valence-electron chi connectivity index (χ0n) is 16.4. The largest absolute Gasteiger partial charge is 0.390 e. The second kappa shape index (κ2) is 12.5. The van der Waals surface area contributed by atoms with Crippen molar-refractivity contribution in [1.82, 2.24) is 31.9 Å². The molecule has 3 aliphatic rings. The standard InChI is InChI=1S/C19H39IN6/c1-18-12-21-6-2-3-7-24-15-19(20,16-25-10-4-8-22-13-18)17-26-11-5-9-23-14-18/h3,7,21-26H,2,4-6,8-17H2,1H3/b7-3-. The van der Waals surface area contributed by atoms with E-state index in [0.717, 1.165) is 78.4 Å². The first-order valence-corrected chi connectivity index (χ1v) is 11.3. The van der Waals surface area contributed by atoms with Gasteiger partial charge in [0.05, 0.1) is 3.42 Å². The van der Waals surface area contributed by atoms with Gasteiger partial charge in [0.1, 0.15) is 0 Å². The van der Waals surface area contributed by atoms with E-state index in [2.05, 4.69) is 73.7 Å². The molecule has 0 amide bonds. The molecule has 0 aromatic carbocycles. The van der Waals surface area contributed by atoms with Gasteiger partial charge in [0.25, 0.3) is 0 Å². The Kier molecular flexibility index (Phi) is 10.8. The monoisotopic (exact) mass is 478 g/mol. The molecule has 1 saturated heterocycles. The Hall–Kier alpha value is 0.0700. The normalized spacial score (nSPS) is 35.6. The van der Waals surface area contributed by atoms with Crippen molar-refractivity contribution < 1.29 is 0 Å². The lowest BCUT2D eigenvalue weighted by atomic mass is 9.90. The summed E-state index contributed by atoms with van der Waals surface area (Å²) in [5.74, 6) is 0. The minimum Gasteiger partial charge on any atom is -0.390 e. The number of nitrogens with one attached hydrogen (secondary N) is 6. The molecule has 0 aromatic heterocycles. The minimum absolute atomic E-state index is 0.185. The van der Waals surface area contributed by atoms with Crippen molar-refractivity contribution in [1.29, 1.82) is 0 Å². The summed E-state index contributed by atoms with van der Waals surface area (Å²) in [4.78, 5) is 0. The van der Waals surface area contributed by atoms with E-state index in [9.17, 15) is 0 Å². The van der Waals surface area contributed by atoms with Gasteiger partial charge in [-0.3, -0.25) is 0 Å². The molecule has 3 aliphatic heterocycles. The highest BCUT2D eigenvalue weighted by Gasteiger charge is 2.26. The van der Waals surface area contributed by atoms with Crippen molar-refractivity contribution in [3.63, 3.8) is 0 Å². The second-order valence-electron chi connectivity index (χ2n) is 8.12. The van der Waals surface area contributed by atoms with Crippen LogP contribution in [-0.2, 0) is 0 Å². The fraction of sp³-hybridized carbons (Fsp3) is 0.895. The van der Waals surface area contributed by atoms with Crippen LogP contribution in [0.5, 0.6) is 0 Å². The molecule has 6 N–H and O–H groups in total. The minimum atomic E-state index is 0.185. The Labute approximate surface area is 173 Å². The van der Waals surface area contributed by atoms with E-state index < -0.39 is 0 Å². The number of rotatable bonds is 0. The lowest BCUT2D eigenvalue weighted by molar-refractivity contribution is 0.274. The summed E-state index contributed by atoms with van der Waals surface area (Å²) in [5.41, 5.74) is 0.241. The zero-order chi connectivity index (χ0) is 18.6. The van der Waals surface area contributed by atoms with E-state index >= 15 is 0 Å². The Bertz CT molecular complexity index is 385. The fourth-order valence-electron chi connectivity index (χ4n) is 3.44. The molecule has 7 heteroatoms. The van der Waals surface area contributed by atoms with Crippen LogP contribution >= 0.6 is 22.6 Å². The van der Waals surface area contributed by atoms with Crippen LogP contribution < -0.4 is 31.9 Å². The van der Waals surface area contributed by atoms with E-state index in [-0.39, 0.29) is 8.84 Å². The second-order valence-corrected chi connectivity index (χ2v) is 10.4. The number of fused-ring (bicyclic) bond motifs is 18. The molecule has 26 heavy (non-hydrogen) atoms. The number of halogens is 1. The smallest absolute Gasteiger partial charge is 0.0642 e. The lowest BCUT2D eigenvalue weighted by Crippen LogP contribution is -2.50. The summed E-state index contributed by atoms with van der Waals surface area (Å²) < 4.78 is 0.185. The predicted molar refractivity (Wildman–Crippen MR) is 120 cm³/mol. The summed E-state index contributed by atoms with van der Waals surface area (Å²) in [6.45, 7) is 13.9. The molecule has 0 aromatic rings. The maximum atomic E-state index is 3.69. The molecule has 3 heterocycles. The summed E-state index contributed by atoms with van der Waals surface area (Å²) >= 11 is 2.63. The highest BCUT2D eigenvalue weighted by atomic mass is 127. The summed E-state index contributed by atoms with van der Waals surface area (Å²) in [5, 5.41) is 21.9. The average molecular weight is 478 g/mol. The molecule has 1 fully saturated rings. The summed E-state index contributed by atoms with van der Waals surface area (Å²) in [7, 11) is 0. The zero-order valence-corrected chi connectivity index (χ0v) is 18.6. The van der Waals surface area contributed by atoms with Crippen molar-refractivity contribution in [3.8, 4) is 0 Å². The van der Waals surface area contributed by atoms with E-state index in [4.69, 9.17) is 0 Å². The van der Waals surface area contributed by atoms with E-state index in [1.165, 1.54) is 12.8 Å². The van der Waals surface area contributed by atoms with Crippen LogP contribution in [0.15, 0.2) is 12.3 Å². The molecule has 0 spiro atoms. The lowest BCUT2D eigenvalue weighted by Gasteiger charge is -2.31. The van der Waals surface area contributed by atoms with Gasteiger partial charge in [-0.15, -0.1) is 0 Å². The van der Waals surface area contributed by atoms with E-state index in [1.54, 1.807) is 0 Å². The van der Waals surface area contributed by atoms with Gasteiger partial charge in [-0.05, 0) is 58.2 Å². The van der Waals surface area contributed by atoms with Gasteiger partial charge in [-0.2, -0.15) is 0 Å². The third-order valence-corrected chi connectivity index (χ3v) is 6.24. The Morgan fingerprint density at radius 3 is 1.77 bits per heavy atom. The van der Waals surface area contributed by atoms with Crippen molar-refractivity contribution in [3.05, 3.63) is 12.3 Å². The first-order chi connectivity index (χ1) is 12.6. The van der Waals surface area contributed by atoms with Gasteiger partial charge in [0.2, 0.25) is 0 Å². The molecule has 0 aliphatic carbocycles. The van der Waals surface area contributed by atoms with Gasteiger partial charge in [0, 0.05) is 44.7 Å². The quantitative estimate of drug-likeness (QED) is 0.224. The van der Waals surface area contributed by atoms with Gasteiger partial charge >= 0.3 is 0 Å². The van der Waals surface area contributed by atoms with Crippen molar-refractivity contribution in [2.75, 3.05) is 72.0 Å². The molecule has 0 unspecified atom stereocenters. The van der Waals surface area contributed by atoms with Crippen LogP contribution in [0.4, 0.5) is 0 Å². The highest BCUT2D eigenvalue weighted by molar-refractivity contribution is 14.1. The van der Waals surface area contributed by atoms with Gasteiger partial charge < -0.3 is 31.9 Å². The molecule has 3 rings (SSSR count). The summed E-state index contributed by atoms with van der Waals surface area (Å²) in [6, 6.07) is 0. The molecule has 0 atom stereocenters. The fourth-order valence-corrected chi connectivity index (χ4v) is 4.20. The maximum Gasteiger partial charge on any atom is 0.0642 e. The Balaban J connectivity index is 2.04. The summed E-state index contributed by atoms with van der Waals surface area (Å²) in [6.07, 6.45) is 7.78. The topological polar surface area (TPSA) is 72.2 Å². The predicted octanol–water partition coefficient (Wildman–Crippen LogP) is 0.415. The first-order valence-electron chi connectivity index (χ1n) is 10.2. The molecule has 6 nitrogen and oxygen atoms in total. The van der Waals surface area contributed by atoms with E-state index in [0.29, 0.717) is 0 Å². The highest BCUT2D eigenvalue weighted by Crippen LogP contribution is 2.17. The number of alkyl halides is 1. The SMILES string of the molecule is CC12CNCC/C=C\NCC(I)(CNCCCNC1)CNCCCNC2. The number of hydrogen-bond acceptors (Lipinski definition) is 6. The van der Waals surface area contributed by atoms with Crippen molar-refractivity contribution in [2.45, 2.75) is 29.6 Å². The van der Waals surface area contributed by atoms with Crippen LogP contribution in [0, 0.1) is 5.41 Å². The molecule has 2 bridgehead atoms. The van der Waals surface area contributed by atoms with Crippen LogP contribution in [0.2, 0.25) is 0 Å². The van der Waals surface area contributed by atoms with Gasteiger partial charge in [-0.25, -0.2) is 0 Å². The molecule has 0 radical (unpaired) electrons. The van der Waals surface area contributed by atoms with E-state index in [1.807, 2.05) is 0 Å². The molecular formula is C19H39IN6. The maximum absolute atomic E-state index is 3.69. The van der Waals surface area contributed by atoms with Crippen LogP contribution in [-0.4, -0.2) is 75.4 Å². The van der Waals surface area contributed by atoms with Crippen molar-refractivity contribution in [2.24, 2.45) is 5.41 Å². The Morgan fingerprint density at radius 1 is 0.692 bits per heavy atom. The Morgan fingerprint density at radius 2 is 1.19 bits per heavy atom. The van der Waals surface area contributed by atoms with Gasteiger partial charge in [-0.1, -0.05) is 35.6 Å². The molecule has 152 valence electrons. The molecular weight excluding hydrogens is 439 g/mol. The third-order valence-electron chi connectivity index (χ3n) is 5.10. The first kappa shape index (κ1) is 22.4. The van der Waals surface area contributed by atoms with Crippen LogP contribution in [0.1, 0.15) is 26.2 Å².